The monoisotopic (exact) mass is 562 g/mol. The van der Waals surface area contributed by atoms with E-state index in [2.05, 4.69) is 26.0 Å². The van der Waals surface area contributed by atoms with Crippen LogP contribution < -0.4 is 8.38 Å². The van der Waals surface area contributed by atoms with Gasteiger partial charge in [-0.15, -0.1) is 46.2 Å². The molecule has 1 aromatic rings. The molecule has 30 heavy (non-hydrogen) atoms. The molecule has 3 heterocycles. The quantitative estimate of drug-likeness (QED) is 0.231. The molecule has 0 saturated carbocycles. The zero-order valence-corrected chi connectivity index (χ0v) is 23.7. The van der Waals surface area contributed by atoms with Crippen LogP contribution in [0.3, 0.4) is 0 Å². The summed E-state index contributed by atoms with van der Waals surface area (Å²) in [6.45, 7) is 4.47. The summed E-state index contributed by atoms with van der Waals surface area (Å²) >= 11 is 19.5. The normalized spacial score (nSPS) is 16.5. The van der Waals surface area contributed by atoms with Crippen molar-refractivity contribution in [2.75, 3.05) is 11.5 Å². The van der Waals surface area contributed by atoms with Crippen molar-refractivity contribution in [3.63, 3.8) is 0 Å². The Kier molecular flexibility index (Phi) is 10.7. The van der Waals surface area contributed by atoms with E-state index in [-0.39, 0.29) is 0 Å². The Bertz CT molecular complexity index is 1070. The third-order valence-electron chi connectivity index (χ3n) is 3.72. The number of unbranched alkanes of at least 4 members (excludes halogenated alkanes) is 2. The lowest BCUT2D eigenvalue weighted by atomic mass is 10.4. The average molecular weight is 563 g/mol. The maximum absolute atomic E-state index is 9.27. The first-order valence-corrected chi connectivity index (χ1v) is 16.5. The van der Waals surface area contributed by atoms with Crippen molar-refractivity contribution in [1.82, 2.24) is 0 Å². The summed E-state index contributed by atoms with van der Waals surface area (Å²) in [4.78, 5) is 0.963. The van der Waals surface area contributed by atoms with E-state index in [1.165, 1.54) is 77.3 Å². The highest BCUT2D eigenvalue weighted by molar-refractivity contribution is 8.46. The van der Waals surface area contributed by atoms with Gasteiger partial charge in [0.1, 0.15) is 29.6 Å². The highest BCUT2D eigenvalue weighted by Crippen LogP contribution is 2.58. The third kappa shape index (κ3) is 6.33. The van der Waals surface area contributed by atoms with E-state index in [9.17, 15) is 10.5 Å². The molecule has 2 aliphatic rings. The number of allylic oxidation sites excluding steroid dienone is 2. The molecule has 0 atom stereocenters. The maximum atomic E-state index is 9.27. The van der Waals surface area contributed by atoms with Gasteiger partial charge in [0.25, 0.3) is 0 Å². The fourth-order valence-electron chi connectivity index (χ4n) is 2.18. The Morgan fingerprint density at radius 2 is 1.33 bits per heavy atom. The molecular weight excluding hydrogens is 545 g/mol. The first-order valence-electron chi connectivity index (χ1n) is 9.25. The minimum absolute atomic E-state index is 0.481. The molecule has 11 heteroatoms. The van der Waals surface area contributed by atoms with Crippen molar-refractivity contribution in [2.24, 2.45) is 0 Å². The molecule has 0 radical (unpaired) electrons. The van der Waals surface area contributed by atoms with E-state index in [1.54, 1.807) is 22.7 Å². The van der Waals surface area contributed by atoms with Gasteiger partial charge in [-0.1, -0.05) is 86.0 Å². The fourth-order valence-corrected chi connectivity index (χ4v) is 14.2. The summed E-state index contributed by atoms with van der Waals surface area (Å²) < 4.78 is 8.29. The second-order valence-corrected chi connectivity index (χ2v) is 16.2. The fraction of sp³-hybridized carbons (Fsp3) is 0.421. The van der Waals surface area contributed by atoms with Crippen LogP contribution in [0, 0.1) is 26.5 Å². The lowest BCUT2D eigenvalue weighted by Crippen LogP contribution is -1.96. The topological polar surface area (TPSA) is 47.6 Å². The van der Waals surface area contributed by atoms with Crippen molar-refractivity contribution in [2.45, 2.75) is 39.5 Å². The molecule has 158 valence electrons. The molecule has 1 aromatic heterocycles. The van der Waals surface area contributed by atoms with Crippen molar-refractivity contribution in [3.8, 4) is 12.1 Å². The van der Waals surface area contributed by atoms with Gasteiger partial charge in [-0.05, 0) is 24.3 Å². The van der Waals surface area contributed by atoms with E-state index in [0.717, 1.165) is 12.6 Å². The molecule has 0 saturated heterocycles. The molecule has 2 nitrogen and oxygen atoms in total. The zero-order valence-electron chi connectivity index (χ0n) is 16.3. The molecule has 0 unspecified atom stereocenters. The van der Waals surface area contributed by atoms with E-state index in [0.29, 0.717) is 9.81 Å². The molecule has 0 aromatic carbocycles. The predicted octanol–water partition coefficient (Wildman–Crippen LogP) is 8.08. The summed E-state index contributed by atoms with van der Waals surface area (Å²) in [5.41, 5.74) is 0. The molecule has 0 spiro atoms. The molecule has 3 rings (SSSR count). The standard InChI is InChI=1S/C19H18N2S9/c1-3-5-7-23-16-17(24-8-6-4-2)30-19(29-16)18-27-13(14(22)28-18)15-25-11(9-20)12(10-21)26-15/h3-8H2,1-2H3. The van der Waals surface area contributed by atoms with Gasteiger partial charge in [0.2, 0.25) is 0 Å². The molecule has 0 bridgehead atoms. The van der Waals surface area contributed by atoms with Gasteiger partial charge < -0.3 is 0 Å². The SMILES string of the molecule is CCCCSC1=C(SCCCC)SC(=c2sc(=S)c(=C3SC(C#N)=C(C#N)S3)s2)S1. The largest absolute Gasteiger partial charge is 0.192 e. The first kappa shape index (κ1) is 25.2. The number of nitrogens with zero attached hydrogens (tertiary/aromatic N) is 2. The van der Waals surface area contributed by atoms with Gasteiger partial charge in [-0.3, -0.25) is 0 Å². The molecular formula is C19H18N2S9. The molecule has 0 N–H and O–H groups in total. The highest BCUT2D eigenvalue weighted by atomic mass is 32.3. The van der Waals surface area contributed by atoms with Crippen LogP contribution in [0.25, 0.3) is 8.47 Å². The molecule has 0 aliphatic carbocycles. The van der Waals surface area contributed by atoms with Gasteiger partial charge in [-0.25, -0.2) is 0 Å². The Morgan fingerprint density at radius 3 is 1.80 bits per heavy atom. The van der Waals surface area contributed by atoms with Crippen LogP contribution in [-0.4, -0.2) is 11.5 Å². The molecule has 0 fully saturated rings. The lowest BCUT2D eigenvalue weighted by molar-refractivity contribution is 0.897. The number of hydrogen-bond acceptors (Lipinski definition) is 11. The Labute approximate surface area is 216 Å². The summed E-state index contributed by atoms with van der Waals surface area (Å²) in [6.07, 6.45) is 4.93. The van der Waals surface area contributed by atoms with Gasteiger partial charge in [0.05, 0.1) is 21.5 Å². The van der Waals surface area contributed by atoms with Gasteiger partial charge in [-0.2, -0.15) is 10.5 Å². The van der Waals surface area contributed by atoms with Crippen LogP contribution >= 0.6 is 105 Å². The summed E-state index contributed by atoms with van der Waals surface area (Å²) in [6, 6.07) is 4.27. The van der Waals surface area contributed by atoms with Crippen LogP contribution in [0.4, 0.5) is 0 Å². The Hall–Kier alpha value is 0.570. The average Bonchev–Trinajstić information content (AvgIpc) is 3.44. The zero-order chi connectivity index (χ0) is 21.5. The maximum Gasteiger partial charge on any atom is 0.115 e. The van der Waals surface area contributed by atoms with E-state index < -0.39 is 0 Å². The number of nitriles is 2. The van der Waals surface area contributed by atoms with Crippen molar-refractivity contribution < 1.29 is 0 Å². The number of hydrogen-bond donors (Lipinski definition) is 0. The minimum Gasteiger partial charge on any atom is -0.192 e. The van der Waals surface area contributed by atoms with E-state index in [1.807, 2.05) is 47.0 Å². The van der Waals surface area contributed by atoms with Crippen molar-refractivity contribution >= 4 is 114 Å². The van der Waals surface area contributed by atoms with Gasteiger partial charge in [0.15, 0.2) is 0 Å². The number of thioether (sulfide) groups is 6. The lowest BCUT2D eigenvalue weighted by Gasteiger charge is -2.03. The second kappa shape index (κ2) is 12.7. The molecule has 0 amide bonds. The van der Waals surface area contributed by atoms with Gasteiger partial charge >= 0.3 is 0 Å². The second-order valence-electron chi connectivity index (χ2n) is 5.95. The molecule has 2 aliphatic heterocycles. The summed E-state index contributed by atoms with van der Waals surface area (Å²) in [5.74, 6) is 2.33. The van der Waals surface area contributed by atoms with Crippen LogP contribution in [0.5, 0.6) is 0 Å². The summed E-state index contributed by atoms with van der Waals surface area (Å²) in [7, 11) is 0. The Balaban J connectivity index is 1.89. The van der Waals surface area contributed by atoms with Crippen molar-refractivity contribution in [1.29, 1.82) is 10.5 Å². The van der Waals surface area contributed by atoms with Crippen molar-refractivity contribution in [3.05, 3.63) is 30.5 Å². The predicted molar refractivity (Wildman–Crippen MR) is 149 cm³/mol. The number of rotatable bonds is 8. The minimum atomic E-state index is 0.481. The Morgan fingerprint density at radius 1 is 0.800 bits per heavy atom. The third-order valence-corrected chi connectivity index (χ3v) is 15.6. The highest BCUT2D eigenvalue weighted by Gasteiger charge is 2.25. The van der Waals surface area contributed by atoms with Crippen LogP contribution in [0.2, 0.25) is 0 Å². The smallest absolute Gasteiger partial charge is 0.115 e. The first-order chi connectivity index (χ1) is 14.6. The van der Waals surface area contributed by atoms with Gasteiger partial charge in [0, 0.05) is 0 Å². The van der Waals surface area contributed by atoms with Crippen LogP contribution in [0.15, 0.2) is 18.3 Å². The van der Waals surface area contributed by atoms with E-state index >= 15 is 0 Å². The van der Waals surface area contributed by atoms with Crippen LogP contribution in [-0.2, 0) is 0 Å². The summed E-state index contributed by atoms with van der Waals surface area (Å²) in [5, 5.41) is 18.5. The van der Waals surface area contributed by atoms with Crippen LogP contribution in [0.1, 0.15) is 39.5 Å². The van der Waals surface area contributed by atoms with E-state index in [4.69, 9.17) is 12.2 Å².